The van der Waals surface area contributed by atoms with Gasteiger partial charge in [0.15, 0.2) is 0 Å². The van der Waals surface area contributed by atoms with E-state index in [2.05, 4.69) is 20.5 Å². The predicted molar refractivity (Wildman–Crippen MR) is 126 cm³/mol. The summed E-state index contributed by atoms with van der Waals surface area (Å²) in [5.41, 5.74) is 2.14. The van der Waals surface area contributed by atoms with E-state index in [4.69, 9.17) is 4.74 Å². The third-order valence-electron chi connectivity index (χ3n) is 6.11. The van der Waals surface area contributed by atoms with Crippen LogP contribution in [-0.2, 0) is 0 Å². The van der Waals surface area contributed by atoms with Gasteiger partial charge >= 0.3 is 0 Å². The first-order chi connectivity index (χ1) is 16.0. The number of piperidine rings is 1. The van der Waals surface area contributed by atoms with Gasteiger partial charge in [0.25, 0.3) is 0 Å². The van der Waals surface area contributed by atoms with E-state index in [0.29, 0.717) is 31.4 Å². The lowest BCUT2D eigenvalue weighted by atomic mass is 10.0. The Hall–Kier alpha value is -2.81. The quantitative estimate of drug-likeness (QED) is 0.427. The Labute approximate surface area is 192 Å². The molecule has 1 saturated heterocycles. The van der Waals surface area contributed by atoms with Gasteiger partial charge in [0.1, 0.15) is 17.4 Å². The molecular formula is C25H30F2N4O2. The van der Waals surface area contributed by atoms with Crippen molar-refractivity contribution < 1.29 is 18.6 Å². The number of fused-ring (bicyclic) bond motifs is 1. The number of aromatic nitrogens is 1. The molecule has 1 unspecified atom stereocenters. The maximum atomic E-state index is 13.2. The molecule has 4 rings (SSSR count). The van der Waals surface area contributed by atoms with Gasteiger partial charge in [-0.3, -0.25) is 4.98 Å². The smallest absolute Gasteiger partial charge is 0.128 e. The van der Waals surface area contributed by atoms with Gasteiger partial charge in [0.2, 0.25) is 0 Å². The SMILES string of the molecule is COc1ccc2nccc(C(O)CN3CCC(NCCNc4cc(F)cc(F)c4)CC3)c2c1. The molecular weight excluding hydrogens is 426 g/mol. The number of hydrogen-bond donors (Lipinski definition) is 3. The Kier molecular flexibility index (Phi) is 7.69. The molecule has 33 heavy (non-hydrogen) atoms. The summed E-state index contributed by atoms with van der Waals surface area (Å²) in [5, 5.41) is 18.4. The van der Waals surface area contributed by atoms with Gasteiger partial charge < -0.3 is 25.4 Å². The largest absolute Gasteiger partial charge is 0.497 e. The fourth-order valence-corrected chi connectivity index (χ4v) is 4.37. The molecule has 6 nitrogen and oxygen atoms in total. The third kappa shape index (κ3) is 6.16. The molecule has 0 amide bonds. The molecule has 0 radical (unpaired) electrons. The van der Waals surface area contributed by atoms with Crippen LogP contribution < -0.4 is 15.4 Å². The molecule has 1 aliphatic rings. The van der Waals surface area contributed by atoms with Gasteiger partial charge in [-0.25, -0.2) is 8.78 Å². The van der Waals surface area contributed by atoms with E-state index in [1.807, 2.05) is 24.3 Å². The molecule has 2 aromatic carbocycles. The van der Waals surface area contributed by atoms with Crippen molar-refractivity contribution in [3.05, 3.63) is 65.9 Å². The van der Waals surface area contributed by atoms with Gasteiger partial charge in [0.05, 0.1) is 18.7 Å². The molecule has 1 aliphatic heterocycles. The summed E-state index contributed by atoms with van der Waals surface area (Å²) >= 11 is 0. The van der Waals surface area contributed by atoms with E-state index in [9.17, 15) is 13.9 Å². The monoisotopic (exact) mass is 456 g/mol. The molecule has 0 aliphatic carbocycles. The molecule has 0 spiro atoms. The van der Waals surface area contributed by atoms with Crippen LogP contribution in [0.4, 0.5) is 14.5 Å². The topological polar surface area (TPSA) is 69.7 Å². The zero-order valence-electron chi connectivity index (χ0n) is 18.7. The minimum absolute atomic E-state index is 0.385. The van der Waals surface area contributed by atoms with Crippen molar-refractivity contribution in [2.75, 3.05) is 45.2 Å². The highest BCUT2D eigenvalue weighted by Gasteiger charge is 2.22. The molecule has 1 atom stereocenters. The number of rotatable bonds is 9. The fraction of sp³-hybridized carbons (Fsp3) is 0.400. The van der Waals surface area contributed by atoms with E-state index in [-0.39, 0.29) is 0 Å². The summed E-state index contributed by atoms with van der Waals surface area (Å²) in [4.78, 5) is 6.67. The molecule has 0 bridgehead atoms. The van der Waals surface area contributed by atoms with Crippen molar-refractivity contribution in [1.82, 2.24) is 15.2 Å². The lowest BCUT2D eigenvalue weighted by molar-refractivity contribution is 0.0952. The zero-order chi connectivity index (χ0) is 23.2. The average molecular weight is 457 g/mol. The Morgan fingerprint density at radius 2 is 1.85 bits per heavy atom. The van der Waals surface area contributed by atoms with Crippen molar-refractivity contribution in [1.29, 1.82) is 0 Å². The number of anilines is 1. The fourth-order valence-electron chi connectivity index (χ4n) is 4.37. The lowest BCUT2D eigenvalue weighted by Crippen LogP contribution is -2.44. The van der Waals surface area contributed by atoms with Crippen LogP contribution in [0.3, 0.4) is 0 Å². The van der Waals surface area contributed by atoms with Crippen molar-refractivity contribution >= 4 is 16.6 Å². The second kappa shape index (κ2) is 10.9. The van der Waals surface area contributed by atoms with Crippen molar-refractivity contribution in [2.24, 2.45) is 0 Å². The number of benzene rings is 2. The van der Waals surface area contributed by atoms with Gasteiger partial charge in [-0.05, 0) is 67.9 Å². The summed E-state index contributed by atoms with van der Waals surface area (Å²) in [6.07, 6.45) is 3.08. The Bertz CT molecular complexity index is 1050. The van der Waals surface area contributed by atoms with E-state index in [1.165, 1.54) is 12.1 Å². The minimum Gasteiger partial charge on any atom is -0.497 e. The first-order valence-electron chi connectivity index (χ1n) is 11.3. The van der Waals surface area contributed by atoms with E-state index < -0.39 is 17.7 Å². The maximum absolute atomic E-state index is 13.2. The van der Waals surface area contributed by atoms with E-state index in [0.717, 1.165) is 54.2 Å². The number of ether oxygens (including phenoxy) is 1. The normalized spacial score (nSPS) is 16.1. The van der Waals surface area contributed by atoms with Gasteiger partial charge in [0, 0.05) is 49.0 Å². The number of β-amino-alcohol motifs (C(OH)–C–C–N with tert-alkyl or cyclic N) is 1. The van der Waals surface area contributed by atoms with Crippen molar-refractivity contribution in [3.8, 4) is 5.75 Å². The van der Waals surface area contributed by atoms with Crippen molar-refractivity contribution in [3.63, 3.8) is 0 Å². The number of nitrogens with zero attached hydrogens (tertiary/aromatic N) is 2. The summed E-state index contributed by atoms with van der Waals surface area (Å²) in [6, 6.07) is 11.4. The van der Waals surface area contributed by atoms with Gasteiger partial charge in [-0.2, -0.15) is 0 Å². The van der Waals surface area contributed by atoms with Gasteiger partial charge in [-0.15, -0.1) is 0 Å². The molecule has 1 aromatic heterocycles. The van der Waals surface area contributed by atoms with Crippen LogP contribution in [0.2, 0.25) is 0 Å². The number of hydrogen-bond acceptors (Lipinski definition) is 6. The second-order valence-electron chi connectivity index (χ2n) is 8.41. The Morgan fingerprint density at radius 1 is 1.09 bits per heavy atom. The number of likely N-dealkylation sites (tertiary alicyclic amines) is 1. The highest BCUT2D eigenvalue weighted by Crippen LogP contribution is 2.27. The summed E-state index contributed by atoms with van der Waals surface area (Å²) < 4.78 is 31.8. The molecule has 3 aromatic rings. The van der Waals surface area contributed by atoms with E-state index >= 15 is 0 Å². The minimum atomic E-state index is -0.608. The highest BCUT2D eigenvalue weighted by molar-refractivity contribution is 5.83. The van der Waals surface area contributed by atoms with Crippen LogP contribution in [0.5, 0.6) is 5.75 Å². The highest BCUT2D eigenvalue weighted by atomic mass is 19.1. The van der Waals surface area contributed by atoms with E-state index in [1.54, 1.807) is 13.3 Å². The number of aliphatic hydroxyl groups is 1. The first-order valence-corrected chi connectivity index (χ1v) is 11.3. The number of aliphatic hydroxyl groups excluding tert-OH is 1. The molecule has 0 saturated carbocycles. The van der Waals surface area contributed by atoms with Crippen LogP contribution in [0.25, 0.3) is 10.9 Å². The molecule has 176 valence electrons. The van der Waals surface area contributed by atoms with Crippen LogP contribution in [0.15, 0.2) is 48.7 Å². The number of pyridine rings is 1. The summed E-state index contributed by atoms with van der Waals surface area (Å²) in [5.74, 6) is -0.425. The van der Waals surface area contributed by atoms with Crippen molar-refractivity contribution in [2.45, 2.75) is 25.0 Å². The number of methoxy groups -OCH3 is 1. The number of nitrogens with one attached hydrogen (secondary N) is 2. The molecule has 3 N–H and O–H groups in total. The third-order valence-corrected chi connectivity index (χ3v) is 6.11. The standard InChI is InChI=1S/C25H30F2N4O2/c1-33-21-2-3-24-23(15-21)22(4-7-30-24)25(32)16-31-10-5-19(6-11-31)28-8-9-29-20-13-17(26)12-18(27)14-20/h2-4,7,12-15,19,25,28-29,32H,5-6,8-11,16H2,1H3. The van der Waals surface area contributed by atoms with Gasteiger partial charge in [-0.1, -0.05) is 0 Å². The Balaban J connectivity index is 1.23. The summed E-state index contributed by atoms with van der Waals surface area (Å²) in [7, 11) is 1.63. The van der Waals surface area contributed by atoms with Crippen LogP contribution >= 0.6 is 0 Å². The van der Waals surface area contributed by atoms with Crippen LogP contribution in [-0.4, -0.2) is 60.9 Å². The maximum Gasteiger partial charge on any atom is 0.128 e. The molecule has 2 heterocycles. The lowest BCUT2D eigenvalue weighted by Gasteiger charge is -2.33. The summed E-state index contributed by atoms with van der Waals surface area (Å²) in [6.45, 7) is 3.64. The number of halogens is 2. The van der Waals surface area contributed by atoms with Crippen LogP contribution in [0, 0.1) is 11.6 Å². The average Bonchev–Trinajstić information content (AvgIpc) is 2.81. The molecule has 8 heteroatoms. The molecule has 1 fully saturated rings. The second-order valence-corrected chi connectivity index (χ2v) is 8.41. The zero-order valence-corrected chi connectivity index (χ0v) is 18.7. The predicted octanol–water partition coefficient (Wildman–Crippen LogP) is 3.72. The van der Waals surface area contributed by atoms with Crippen LogP contribution in [0.1, 0.15) is 24.5 Å². The first kappa shape index (κ1) is 23.4. The Morgan fingerprint density at radius 3 is 2.58 bits per heavy atom.